The molecule has 104 valence electrons. The van der Waals surface area contributed by atoms with Crippen molar-refractivity contribution < 1.29 is 14.3 Å². The molecule has 0 saturated heterocycles. The van der Waals surface area contributed by atoms with Crippen LogP contribution in [-0.2, 0) is 14.3 Å². The molecule has 0 radical (unpaired) electrons. The van der Waals surface area contributed by atoms with Crippen molar-refractivity contribution in [3.63, 3.8) is 0 Å². The molecule has 0 aliphatic rings. The molecule has 2 N–H and O–H groups in total. The quantitative estimate of drug-likeness (QED) is 0.514. The Morgan fingerprint density at radius 1 is 1.26 bits per heavy atom. The van der Waals surface area contributed by atoms with Crippen LogP contribution in [0.5, 0.6) is 0 Å². The van der Waals surface area contributed by atoms with Crippen molar-refractivity contribution >= 4 is 11.8 Å². The van der Waals surface area contributed by atoms with Gasteiger partial charge in [0.25, 0.3) is 0 Å². The van der Waals surface area contributed by atoms with E-state index >= 15 is 0 Å². The van der Waals surface area contributed by atoms with Crippen molar-refractivity contribution in [1.82, 2.24) is 0 Å². The number of methoxy groups -OCH3 is 1. The third-order valence-corrected chi connectivity index (χ3v) is 2.51. The van der Waals surface area contributed by atoms with Crippen LogP contribution in [0.3, 0.4) is 0 Å². The van der Waals surface area contributed by atoms with Crippen LogP contribution in [0.2, 0.25) is 0 Å². The molecule has 1 rings (SSSR count). The van der Waals surface area contributed by atoms with E-state index in [-0.39, 0.29) is 11.8 Å². The number of carbonyl (C=O) groups is 2. The Bertz CT molecular complexity index is 413. The molecule has 4 nitrogen and oxygen atoms in total. The lowest BCUT2D eigenvalue weighted by atomic mass is 10.1. The van der Waals surface area contributed by atoms with Gasteiger partial charge in [-0.05, 0) is 25.5 Å². The van der Waals surface area contributed by atoms with Crippen molar-refractivity contribution in [2.75, 3.05) is 7.11 Å². The summed E-state index contributed by atoms with van der Waals surface area (Å²) < 4.78 is 4.33. The molecule has 2 unspecified atom stereocenters. The summed E-state index contributed by atoms with van der Waals surface area (Å²) in [7, 11) is 1.25. The topological polar surface area (TPSA) is 69.4 Å². The number of hydrogen-bond donors (Lipinski definition) is 1. The number of ketones is 1. The molecule has 0 amide bonds. The monoisotopic (exact) mass is 263 g/mol. The zero-order valence-corrected chi connectivity index (χ0v) is 11.6. The molecule has 1 aromatic rings. The van der Waals surface area contributed by atoms with Crippen LogP contribution in [0, 0.1) is 5.92 Å². The predicted octanol–water partition coefficient (Wildman–Crippen LogP) is 2.26. The fourth-order valence-corrected chi connectivity index (χ4v) is 1.23. The molecule has 0 fully saturated rings. The molecule has 4 heteroatoms. The van der Waals surface area contributed by atoms with Crippen LogP contribution in [0.1, 0.15) is 25.5 Å². The molecule has 0 spiro atoms. The SMILES string of the molecule is C=CC(=O)C(C)C(=O)OC.CC(N)c1ccccc1. The maximum absolute atomic E-state index is 10.7. The molecular formula is C15H21NO3. The highest BCUT2D eigenvalue weighted by molar-refractivity contribution is 6.04. The third kappa shape index (κ3) is 6.52. The van der Waals surface area contributed by atoms with E-state index in [1.807, 2.05) is 37.3 Å². The van der Waals surface area contributed by atoms with E-state index in [2.05, 4.69) is 11.3 Å². The second kappa shape index (κ2) is 9.05. The zero-order valence-electron chi connectivity index (χ0n) is 11.6. The molecule has 0 aliphatic carbocycles. The smallest absolute Gasteiger partial charge is 0.316 e. The fraction of sp³-hybridized carbons (Fsp3) is 0.333. The number of nitrogens with two attached hydrogens (primary N) is 1. The number of allylic oxidation sites excluding steroid dienone is 1. The summed E-state index contributed by atoms with van der Waals surface area (Å²) in [4.78, 5) is 21.3. The fourth-order valence-electron chi connectivity index (χ4n) is 1.23. The first-order valence-electron chi connectivity index (χ1n) is 5.98. The Hall–Kier alpha value is -1.94. The van der Waals surface area contributed by atoms with Crippen molar-refractivity contribution in [2.45, 2.75) is 19.9 Å². The number of rotatable bonds is 4. The Balaban J connectivity index is 0.000000342. The summed E-state index contributed by atoms with van der Waals surface area (Å²) in [5.74, 6) is -1.56. The highest BCUT2D eigenvalue weighted by Gasteiger charge is 2.18. The average molecular weight is 263 g/mol. The second-order valence-corrected chi connectivity index (χ2v) is 4.05. The minimum Gasteiger partial charge on any atom is -0.468 e. The van der Waals surface area contributed by atoms with Crippen LogP contribution in [0.25, 0.3) is 0 Å². The first-order valence-corrected chi connectivity index (χ1v) is 5.98. The molecule has 0 aromatic heterocycles. The van der Waals surface area contributed by atoms with Gasteiger partial charge in [-0.15, -0.1) is 0 Å². The van der Waals surface area contributed by atoms with Gasteiger partial charge in [-0.25, -0.2) is 0 Å². The van der Waals surface area contributed by atoms with Crippen molar-refractivity contribution in [3.8, 4) is 0 Å². The van der Waals surface area contributed by atoms with Crippen molar-refractivity contribution in [2.24, 2.45) is 11.7 Å². The molecular weight excluding hydrogens is 242 g/mol. The van der Waals surface area contributed by atoms with Crippen molar-refractivity contribution in [3.05, 3.63) is 48.6 Å². The van der Waals surface area contributed by atoms with Crippen LogP contribution >= 0.6 is 0 Å². The lowest BCUT2D eigenvalue weighted by Crippen LogP contribution is -2.20. The predicted molar refractivity (Wildman–Crippen MR) is 75.4 cm³/mol. The zero-order chi connectivity index (χ0) is 14.8. The van der Waals surface area contributed by atoms with Gasteiger partial charge in [0.15, 0.2) is 5.78 Å². The van der Waals surface area contributed by atoms with Gasteiger partial charge < -0.3 is 10.5 Å². The first-order chi connectivity index (χ1) is 8.93. The van der Waals surface area contributed by atoms with Gasteiger partial charge in [-0.1, -0.05) is 36.9 Å². The van der Waals surface area contributed by atoms with E-state index in [9.17, 15) is 9.59 Å². The highest BCUT2D eigenvalue weighted by atomic mass is 16.5. The third-order valence-electron chi connectivity index (χ3n) is 2.51. The Morgan fingerprint density at radius 3 is 2.11 bits per heavy atom. The molecule has 0 aliphatic heterocycles. The number of carbonyl (C=O) groups excluding carboxylic acids is 2. The Morgan fingerprint density at radius 2 is 1.79 bits per heavy atom. The van der Waals surface area contributed by atoms with Gasteiger partial charge in [0.1, 0.15) is 5.92 Å². The molecule has 2 atom stereocenters. The number of ether oxygens (including phenoxy) is 1. The van der Waals surface area contributed by atoms with E-state index in [4.69, 9.17) is 5.73 Å². The van der Waals surface area contributed by atoms with Crippen LogP contribution in [-0.4, -0.2) is 18.9 Å². The normalized spacial score (nSPS) is 12.4. The van der Waals surface area contributed by atoms with Crippen molar-refractivity contribution in [1.29, 1.82) is 0 Å². The van der Waals surface area contributed by atoms with E-state index in [0.717, 1.165) is 6.08 Å². The summed E-state index contributed by atoms with van der Waals surface area (Å²) in [5, 5.41) is 0. The second-order valence-electron chi connectivity index (χ2n) is 4.05. The maximum atomic E-state index is 10.7. The lowest BCUT2D eigenvalue weighted by molar-refractivity contribution is -0.147. The van der Waals surface area contributed by atoms with Gasteiger partial charge in [0.2, 0.25) is 0 Å². The molecule has 19 heavy (non-hydrogen) atoms. The van der Waals surface area contributed by atoms with E-state index in [0.29, 0.717) is 0 Å². The standard InChI is InChI=1S/C8H11N.C7H10O3/c1-7(9)8-5-3-2-4-6-8;1-4-6(8)5(2)7(9)10-3/h2-7H,9H2,1H3;4-5H,1H2,2-3H3. The largest absolute Gasteiger partial charge is 0.468 e. The van der Waals surface area contributed by atoms with Gasteiger partial charge in [-0.3, -0.25) is 9.59 Å². The summed E-state index contributed by atoms with van der Waals surface area (Å²) in [6, 6.07) is 10.2. The number of benzene rings is 1. The van der Waals surface area contributed by atoms with Crippen LogP contribution in [0.15, 0.2) is 43.0 Å². The Kier molecular flexibility index (Phi) is 8.13. The summed E-state index contributed by atoms with van der Waals surface area (Å²) in [5.41, 5.74) is 6.81. The molecule has 1 aromatic carbocycles. The van der Waals surface area contributed by atoms with Crippen LogP contribution < -0.4 is 5.73 Å². The molecule has 0 bridgehead atoms. The summed E-state index contributed by atoms with van der Waals surface area (Å²) in [6.07, 6.45) is 1.11. The first kappa shape index (κ1) is 17.1. The van der Waals surface area contributed by atoms with Gasteiger partial charge >= 0.3 is 5.97 Å². The maximum Gasteiger partial charge on any atom is 0.316 e. The number of esters is 1. The minimum absolute atomic E-state index is 0.159. The molecule has 0 saturated carbocycles. The van der Waals surface area contributed by atoms with E-state index in [1.54, 1.807) is 0 Å². The van der Waals surface area contributed by atoms with Gasteiger partial charge in [0, 0.05) is 6.04 Å². The summed E-state index contributed by atoms with van der Waals surface area (Å²) >= 11 is 0. The lowest BCUT2D eigenvalue weighted by Gasteiger charge is -2.02. The van der Waals surface area contributed by atoms with E-state index < -0.39 is 11.9 Å². The average Bonchev–Trinajstić information content (AvgIpc) is 2.46. The van der Waals surface area contributed by atoms with Crippen LogP contribution in [0.4, 0.5) is 0 Å². The number of hydrogen-bond acceptors (Lipinski definition) is 4. The van der Waals surface area contributed by atoms with Gasteiger partial charge in [-0.2, -0.15) is 0 Å². The Labute approximate surface area is 114 Å². The highest BCUT2D eigenvalue weighted by Crippen LogP contribution is 2.06. The van der Waals surface area contributed by atoms with Gasteiger partial charge in [0.05, 0.1) is 7.11 Å². The van der Waals surface area contributed by atoms with E-state index in [1.165, 1.54) is 19.6 Å². The summed E-state index contributed by atoms with van der Waals surface area (Å²) in [6.45, 7) is 6.70. The minimum atomic E-state index is -0.720. The molecule has 0 heterocycles.